The number of esters is 1. The van der Waals surface area contributed by atoms with E-state index in [-0.39, 0.29) is 5.97 Å². The van der Waals surface area contributed by atoms with Crippen LogP contribution in [0.2, 0.25) is 0 Å². The lowest BCUT2D eigenvalue weighted by Crippen LogP contribution is -1.99. The number of phenols is 1. The fourth-order valence-corrected chi connectivity index (χ4v) is 1.54. The number of aryl methyl sites for hydroxylation is 1. The molecule has 16 heavy (non-hydrogen) atoms. The van der Waals surface area contributed by atoms with Crippen LogP contribution in [0.5, 0.6) is 5.75 Å². The summed E-state index contributed by atoms with van der Waals surface area (Å²) in [6, 6.07) is 7.25. The van der Waals surface area contributed by atoms with Crippen molar-refractivity contribution in [2.24, 2.45) is 0 Å². The zero-order valence-electron chi connectivity index (χ0n) is 9.61. The van der Waals surface area contributed by atoms with Gasteiger partial charge in [0.25, 0.3) is 0 Å². The molecule has 0 amide bonds. The van der Waals surface area contributed by atoms with Crippen molar-refractivity contribution in [1.82, 2.24) is 0 Å². The summed E-state index contributed by atoms with van der Waals surface area (Å²) in [5.41, 5.74) is 1.22. The van der Waals surface area contributed by atoms with E-state index < -0.39 is 0 Å². The molecule has 0 unspecified atom stereocenters. The SMILES string of the molecule is COC(=O)CCCCCc1ccc(O)cc1. The van der Waals surface area contributed by atoms with E-state index in [1.807, 2.05) is 12.1 Å². The Bertz CT molecular complexity index is 316. The molecule has 3 heteroatoms. The molecule has 0 radical (unpaired) electrons. The monoisotopic (exact) mass is 222 g/mol. The molecule has 1 aromatic carbocycles. The quantitative estimate of drug-likeness (QED) is 0.594. The molecule has 1 rings (SSSR count). The standard InChI is InChI=1S/C13H18O3/c1-16-13(15)6-4-2-3-5-11-7-9-12(14)10-8-11/h7-10,14H,2-6H2,1H3. The summed E-state index contributed by atoms with van der Waals surface area (Å²) in [4.78, 5) is 10.8. The fraction of sp³-hybridized carbons (Fsp3) is 0.462. The molecule has 0 aliphatic heterocycles. The molecule has 0 aliphatic carbocycles. The minimum absolute atomic E-state index is 0.135. The third-order valence-electron chi connectivity index (χ3n) is 2.51. The molecule has 0 fully saturated rings. The summed E-state index contributed by atoms with van der Waals surface area (Å²) >= 11 is 0. The number of carbonyl (C=O) groups is 1. The number of methoxy groups -OCH3 is 1. The van der Waals surface area contributed by atoms with Crippen molar-refractivity contribution in [3.8, 4) is 5.75 Å². The third kappa shape index (κ3) is 4.82. The lowest BCUT2D eigenvalue weighted by atomic mass is 10.1. The van der Waals surface area contributed by atoms with Crippen LogP contribution in [0, 0.1) is 0 Å². The van der Waals surface area contributed by atoms with E-state index in [0.29, 0.717) is 12.2 Å². The summed E-state index contributed by atoms with van der Waals surface area (Å²) < 4.78 is 4.56. The Morgan fingerprint density at radius 1 is 1.19 bits per heavy atom. The predicted molar refractivity (Wildman–Crippen MR) is 62.3 cm³/mol. The summed E-state index contributed by atoms with van der Waals surface area (Å²) in [6.45, 7) is 0. The van der Waals surface area contributed by atoms with Gasteiger partial charge in [0.05, 0.1) is 7.11 Å². The predicted octanol–water partition coefficient (Wildman–Crippen LogP) is 2.67. The van der Waals surface area contributed by atoms with Gasteiger partial charge in [0.1, 0.15) is 5.75 Å². The van der Waals surface area contributed by atoms with Gasteiger partial charge in [-0.1, -0.05) is 18.6 Å². The van der Waals surface area contributed by atoms with Crippen molar-refractivity contribution in [3.05, 3.63) is 29.8 Å². The highest BCUT2D eigenvalue weighted by Gasteiger charge is 1.99. The van der Waals surface area contributed by atoms with Gasteiger partial charge in [-0.2, -0.15) is 0 Å². The molecule has 0 saturated carbocycles. The second-order valence-electron chi connectivity index (χ2n) is 3.80. The Hall–Kier alpha value is -1.51. The minimum atomic E-state index is -0.135. The minimum Gasteiger partial charge on any atom is -0.508 e. The van der Waals surface area contributed by atoms with Crippen LogP contribution in [-0.2, 0) is 16.0 Å². The molecule has 0 aromatic heterocycles. The topological polar surface area (TPSA) is 46.5 Å². The summed E-state index contributed by atoms with van der Waals surface area (Å²) in [6.07, 6.45) is 4.45. The maximum absolute atomic E-state index is 10.8. The molecular formula is C13H18O3. The van der Waals surface area contributed by atoms with Crippen LogP contribution in [0.25, 0.3) is 0 Å². The number of aromatic hydroxyl groups is 1. The van der Waals surface area contributed by atoms with Crippen molar-refractivity contribution in [3.63, 3.8) is 0 Å². The molecule has 0 heterocycles. The Kier molecular flexibility index (Phi) is 5.40. The second-order valence-corrected chi connectivity index (χ2v) is 3.80. The first-order valence-corrected chi connectivity index (χ1v) is 5.57. The van der Waals surface area contributed by atoms with Crippen molar-refractivity contribution < 1.29 is 14.6 Å². The number of rotatable bonds is 6. The second kappa shape index (κ2) is 6.88. The molecule has 1 N–H and O–H groups in total. The van der Waals surface area contributed by atoms with Gasteiger partial charge < -0.3 is 9.84 Å². The number of carbonyl (C=O) groups excluding carboxylic acids is 1. The van der Waals surface area contributed by atoms with Gasteiger partial charge in [0.2, 0.25) is 0 Å². The van der Waals surface area contributed by atoms with Crippen molar-refractivity contribution >= 4 is 5.97 Å². The lowest BCUT2D eigenvalue weighted by Gasteiger charge is -2.02. The van der Waals surface area contributed by atoms with E-state index in [1.165, 1.54) is 12.7 Å². The van der Waals surface area contributed by atoms with Crippen LogP contribution in [0.3, 0.4) is 0 Å². The maximum Gasteiger partial charge on any atom is 0.305 e. The highest BCUT2D eigenvalue weighted by atomic mass is 16.5. The number of phenolic OH excluding ortho intramolecular Hbond substituents is 1. The first-order valence-electron chi connectivity index (χ1n) is 5.57. The molecule has 3 nitrogen and oxygen atoms in total. The van der Waals surface area contributed by atoms with Crippen LogP contribution in [-0.4, -0.2) is 18.2 Å². The third-order valence-corrected chi connectivity index (χ3v) is 2.51. The normalized spacial score (nSPS) is 10.1. The van der Waals surface area contributed by atoms with E-state index in [9.17, 15) is 4.79 Å². The first kappa shape index (κ1) is 12.6. The van der Waals surface area contributed by atoms with Gasteiger partial charge >= 0.3 is 5.97 Å². The highest BCUT2D eigenvalue weighted by Crippen LogP contribution is 2.12. The Morgan fingerprint density at radius 2 is 1.88 bits per heavy atom. The number of ether oxygens (including phenoxy) is 1. The van der Waals surface area contributed by atoms with Gasteiger partial charge in [-0.3, -0.25) is 4.79 Å². The van der Waals surface area contributed by atoms with Gasteiger partial charge in [-0.25, -0.2) is 0 Å². The van der Waals surface area contributed by atoms with E-state index in [1.54, 1.807) is 12.1 Å². The Labute approximate surface area is 96.1 Å². The van der Waals surface area contributed by atoms with Gasteiger partial charge in [0.15, 0.2) is 0 Å². The van der Waals surface area contributed by atoms with E-state index in [0.717, 1.165) is 25.7 Å². The molecule has 0 saturated heterocycles. The largest absolute Gasteiger partial charge is 0.508 e. The highest BCUT2D eigenvalue weighted by molar-refractivity contribution is 5.68. The van der Waals surface area contributed by atoms with Crippen LogP contribution in [0.4, 0.5) is 0 Å². The van der Waals surface area contributed by atoms with E-state index in [2.05, 4.69) is 4.74 Å². The average molecular weight is 222 g/mol. The van der Waals surface area contributed by atoms with Crippen LogP contribution in [0.1, 0.15) is 31.2 Å². The zero-order chi connectivity index (χ0) is 11.8. The number of benzene rings is 1. The molecule has 0 bridgehead atoms. The summed E-state index contributed by atoms with van der Waals surface area (Å²) in [5, 5.41) is 9.10. The Morgan fingerprint density at radius 3 is 2.50 bits per heavy atom. The van der Waals surface area contributed by atoms with Crippen LogP contribution in [0.15, 0.2) is 24.3 Å². The molecule has 1 aromatic rings. The molecule has 0 spiro atoms. The Balaban J connectivity index is 2.11. The average Bonchev–Trinajstić information content (AvgIpc) is 2.31. The van der Waals surface area contributed by atoms with E-state index >= 15 is 0 Å². The zero-order valence-corrected chi connectivity index (χ0v) is 9.61. The number of hydrogen-bond donors (Lipinski definition) is 1. The molecular weight excluding hydrogens is 204 g/mol. The first-order chi connectivity index (χ1) is 7.72. The van der Waals surface area contributed by atoms with Crippen molar-refractivity contribution in [2.75, 3.05) is 7.11 Å². The molecule has 88 valence electrons. The number of unbranched alkanes of at least 4 members (excludes halogenated alkanes) is 2. The lowest BCUT2D eigenvalue weighted by molar-refractivity contribution is -0.140. The maximum atomic E-state index is 10.8. The van der Waals surface area contributed by atoms with Gasteiger partial charge in [0, 0.05) is 6.42 Å². The van der Waals surface area contributed by atoms with Gasteiger partial charge in [-0.05, 0) is 37.0 Å². The molecule has 0 aliphatic rings. The molecule has 0 atom stereocenters. The van der Waals surface area contributed by atoms with Crippen molar-refractivity contribution in [1.29, 1.82) is 0 Å². The smallest absolute Gasteiger partial charge is 0.305 e. The van der Waals surface area contributed by atoms with Crippen LogP contribution < -0.4 is 0 Å². The van der Waals surface area contributed by atoms with E-state index in [4.69, 9.17) is 5.11 Å². The summed E-state index contributed by atoms with van der Waals surface area (Å²) in [5.74, 6) is 0.166. The fourth-order valence-electron chi connectivity index (χ4n) is 1.54. The van der Waals surface area contributed by atoms with Crippen molar-refractivity contribution in [2.45, 2.75) is 32.1 Å². The summed E-state index contributed by atoms with van der Waals surface area (Å²) in [7, 11) is 1.42. The van der Waals surface area contributed by atoms with Crippen LogP contribution >= 0.6 is 0 Å². The number of hydrogen-bond acceptors (Lipinski definition) is 3. The van der Waals surface area contributed by atoms with Gasteiger partial charge in [-0.15, -0.1) is 0 Å².